The van der Waals surface area contributed by atoms with Gasteiger partial charge in [0.1, 0.15) is 0 Å². The van der Waals surface area contributed by atoms with Gasteiger partial charge in [0.25, 0.3) is 5.56 Å². The van der Waals surface area contributed by atoms with Crippen molar-refractivity contribution in [3.63, 3.8) is 0 Å². The second kappa shape index (κ2) is 10.7. The molecule has 0 spiro atoms. The number of aromatic nitrogens is 2. The maximum absolute atomic E-state index is 12.9. The molecule has 0 saturated heterocycles. The van der Waals surface area contributed by atoms with Crippen LogP contribution in [0, 0.1) is 6.92 Å². The summed E-state index contributed by atoms with van der Waals surface area (Å²) in [5.74, 6) is -0.636. The van der Waals surface area contributed by atoms with Crippen LogP contribution in [-0.4, -0.2) is 29.9 Å². The molecule has 3 aromatic rings. The first-order valence-corrected chi connectivity index (χ1v) is 12.3. The Kier molecular flexibility index (Phi) is 8.01. The van der Waals surface area contributed by atoms with Crippen molar-refractivity contribution in [3.05, 3.63) is 92.4 Å². The summed E-state index contributed by atoms with van der Waals surface area (Å²) in [6, 6.07) is 13.3. The van der Waals surface area contributed by atoms with Gasteiger partial charge in [-0.3, -0.25) is 9.59 Å². The zero-order valence-electron chi connectivity index (χ0n) is 18.1. The van der Waals surface area contributed by atoms with Crippen molar-refractivity contribution < 1.29 is 13.2 Å². The number of halogens is 1. The average Bonchev–Trinajstić information content (AvgIpc) is 2.80. The molecule has 33 heavy (non-hydrogen) atoms. The van der Waals surface area contributed by atoms with Gasteiger partial charge in [-0.2, -0.15) is 5.10 Å². The van der Waals surface area contributed by atoms with Gasteiger partial charge in [-0.1, -0.05) is 35.9 Å². The van der Waals surface area contributed by atoms with Crippen LogP contribution in [0.1, 0.15) is 22.3 Å². The fourth-order valence-corrected chi connectivity index (χ4v) is 4.73. The quantitative estimate of drug-likeness (QED) is 0.474. The molecule has 0 aliphatic heterocycles. The number of rotatable bonds is 9. The first kappa shape index (κ1) is 24.6. The lowest BCUT2D eigenvalue weighted by atomic mass is 10.1. The van der Waals surface area contributed by atoms with Gasteiger partial charge in [-0.15, -0.1) is 0 Å². The lowest BCUT2D eigenvalue weighted by molar-refractivity contribution is -0.120. The molecule has 0 radical (unpaired) electrons. The highest BCUT2D eigenvalue weighted by atomic mass is 35.5. The highest BCUT2D eigenvalue weighted by Gasteiger charge is 2.17. The van der Waals surface area contributed by atoms with Crippen LogP contribution >= 0.6 is 11.6 Å². The summed E-state index contributed by atoms with van der Waals surface area (Å²) in [6.07, 6.45) is 1.31. The summed E-state index contributed by atoms with van der Waals surface area (Å²) in [7, 11) is -3.57. The smallest absolute Gasteiger partial charge is 0.270 e. The molecule has 1 heterocycles. The zero-order chi connectivity index (χ0) is 24.0. The van der Waals surface area contributed by atoms with E-state index in [0.717, 1.165) is 15.8 Å². The van der Waals surface area contributed by atoms with Gasteiger partial charge in [0.2, 0.25) is 5.91 Å². The van der Waals surface area contributed by atoms with E-state index in [1.807, 2.05) is 0 Å². The van der Waals surface area contributed by atoms with Crippen LogP contribution in [0.15, 0.2) is 64.4 Å². The Bertz CT molecular complexity index is 1310. The number of nitrogens with two attached hydrogens (primary N) is 1. The number of amides is 1. The average molecular weight is 489 g/mol. The number of aryl methyl sites for hydroxylation is 2. The Balaban J connectivity index is 1.70. The van der Waals surface area contributed by atoms with Crippen molar-refractivity contribution in [2.45, 2.75) is 37.9 Å². The summed E-state index contributed by atoms with van der Waals surface area (Å²) < 4.78 is 26.1. The van der Waals surface area contributed by atoms with Gasteiger partial charge in [0.05, 0.1) is 29.8 Å². The normalized spacial score (nSPS) is 11.4. The molecule has 3 rings (SSSR count). The summed E-state index contributed by atoms with van der Waals surface area (Å²) in [6.45, 7) is 2.10. The minimum absolute atomic E-state index is 0.118. The summed E-state index contributed by atoms with van der Waals surface area (Å²) in [5, 5.41) is 7.37. The molecule has 0 unspecified atom stereocenters. The molecular formula is C23H25ClN4O4S. The molecule has 3 N–H and O–H groups in total. The Morgan fingerprint density at radius 3 is 2.58 bits per heavy atom. The summed E-state index contributed by atoms with van der Waals surface area (Å²) in [4.78, 5) is 25.6. The fraction of sp³-hybridized carbons (Fsp3) is 0.261. The van der Waals surface area contributed by atoms with E-state index in [1.54, 1.807) is 43.3 Å². The Labute approximate surface area is 197 Å². The third-order valence-corrected chi connectivity index (χ3v) is 7.18. The maximum Gasteiger partial charge on any atom is 0.270 e. The molecule has 0 aliphatic carbocycles. The molecule has 1 amide bonds. The number of carbonyl (C=O) groups is 1. The number of hydrogen-bond donors (Lipinski definition) is 2. The summed E-state index contributed by atoms with van der Waals surface area (Å²) in [5.41, 5.74) is 7.73. The molecular weight excluding hydrogens is 464 g/mol. The van der Waals surface area contributed by atoms with Gasteiger partial charge >= 0.3 is 0 Å². The molecule has 1 aromatic heterocycles. The van der Waals surface area contributed by atoms with Crippen LogP contribution in [-0.2, 0) is 40.7 Å². The van der Waals surface area contributed by atoms with E-state index >= 15 is 0 Å². The predicted octanol–water partition coefficient (Wildman–Crippen LogP) is 2.00. The highest BCUT2D eigenvalue weighted by Crippen LogP contribution is 2.16. The van der Waals surface area contributed by atoms with E-state index < -0.39 is 15.4 Å². The number of carbonyl (C=O) groups excluding carboxylic acids is 1. The standard InChI is InChI=1S/C23H25ClN4O4S/c1-16-14-27-28(9-10-33(31,32)20-5-3-2-4-6-20)23(30)21(16)12-22(29)26-15-18-11-19(24)8-7-17(18)13-25/h2-8,11,14H,9-10,12-13,15,25H2,1H3,(H,26,29). The lowest BCUT2D eigenvalue weighted by Crippen LogP contribution is -2.33. The van der Waals surface area contributed by atoms with E-state index in [9.17, 15) is 18.0 Å². The van der Waals surface area contributed by atoms with Gasteiger partial charge in [-0.25, -0.2) is 13.1 Å². The van der Waals surface area contributed by atoms with E-state index in [0.29, 0.717) is 17.1 Å². The van der Waals surface area contributed by atoms with Crippen LogP contribution in [0.25, 0.3) is 0 Å². The van der Waals surface area contributed by atoms with Crippen LogP contribution in [0.2, 0.25) is 5.02 Å². The van der Waals surface area contributed by atoms with E-state index in [2.05, 4.69) is 10.4 Å². The van der Waals surface area contributed by atoms with Gasteiger partial charge in [0, 0.05) is 23.7 Å². The third kappa shape index (κ3) is 6.28. The first-order chi connectivity index (χ1) is 15.7. The number of sulfone groups is 1. The van der Waals surface area contributed by atoms with Crippen molar-refractivity contribution in [1.82, 2.24) is 15.1 Å². The molecule has 0 aliphatic rings. The van der Waals surface area contributed by atoms with Crippen molar-refractivity contribution in [3.8, 4) is 0 Å². The van der Waals surface area contributed by atoms with Crippen molar-refractivity contribution in [2.75, 3.05) is 5.75 Å². The lowest BCUT2D eigenvalue weighted by Gasteiger charge is -2.12. The van der Waals surface area contributed by atoms with Crippen LogP contribution < -0.4 is 16.6 Å². The molecule has 174 valence electrons. The van der Waals surface area contributed by atoms with Crippen molar-refractivity contribution in [2.24, 2.45) is 5.73 Å². The highest BCUT2D eigenvalue weighted by molar-refractivity contribution is 7.91. The molecule has 10 heteroatoms. The number of nitrogens with zero attached hydrogens (tertiary/aromatic N) is 2. The predicted molar refractivity (Wildman–Crippen MR) is 127 cm³/mol. The molecule has 0 atom stereocenters. The van der Waals surface area contributed by atoms with Gasteiger partial charge < -0.3 is 11.1 Å². The van der Waals surface area contributed by atoms with Gasteiger partial charge in [-0.05, 0) is 47.9 Å². The monoisotopic (exact) mass is 488 g/mol. The van der Waals surface area contributed by atoms with Crippen LogP contribution in [0.4, 0.5) is 0 Å². The molecule has 8 nitrogen and oxygen atoms in total. The number of benzene rings is 2. The minimum Gasteiger partial charge on any atom is -0.352 e. The van der Waals surface area contributed by atoms with Gasteiger partial charge in [0.15, 0.2) is 9.84 Å². The SMILES string of the molecule is Cc1cnn(CCS(=O)(=O)c2ccccc2)c(=O)c1CC(=O)NCc1cc(Cl)ccc1CN. The van der Waals surface area contributed by atoms with Crippen molar-refractivity contribution >= 4 is 27.3 Å². The maximum atomic E-state index is 12.9. The topological polar surface area (TPSA) is 124 Å². The van der Waals surface area contributed by atoms with E-state index in [1.165, 1.54) is 18.3 Å². The molecule has 0 bridgehead atoms. The third-order valence-electron chi connectivity index (χ3n) is 5.24. The second-order valence-corrected chi connectivity index (χ2v) is 10.1. The van der Waals surface area contributed by atoms with Crippen LogP contribution in [0.3, 0.4) is 0 Å². The fourth-order valence-electron chi connectivity index (χ4n) is 3.31. The summed E-state index contributed by atoms with van der Waals surface area (Å²) >= 11 is 6.03. The number of nitrogens with one attached hydrogen (secondary N) is 1. The number of hydrogen-bond acceptors (Lipinski definition) is 6. The molecule has 0 saturated carbocycles. The largest absolute Gasteiger partial charge is 0.352 e. The van der Waals surface area contributed by atoms with E-state index in [-0.39, 0.29) is 41.6 Å². The Morgan fingerprint density at radius 2 is 1.88 bits per heavy atom. The second-order valence-electron chi connectivity index (χ2n) is 7.54. The minimum atomic E-state index is -3.57. The molecule has 0 fully saturated rings. The van der Waals surface area contributed by atoms with Crippen LogP contribution in [0.5, 0.6) is 0 Å². The molecule has 2 aromatic carbocycles. The zero-order valence-corrected chi connectivity index (χ0v) is 19.7. The first-order valence-electron chi connectivity index (χ1n) is 10.3. The van der Waals surface area contributed by atoms with E-state index in [4.69, 9.17) is 17.3 Å². The Morgan fingerprint density at radius 1 is 1.15 bits per heavy atom. The Hall–Kier alpha value is -3.01. The van der Waals surface area contributed by atoms with Crippen molar-refractivity contribution in [1.29, 1.82) is 0 Å².